The zero-order valence-corrected chi connectivity index (χ0v) is 15.8. The number of rotatable bonds is 4. The molecule has 2 heterocycles. The Balaban J connectivity index is 1.73. The first kappa shape index (κ1) is 18.3. The van der Waals surface area contributed by atoms with Crippen LogP contribution in [-0.4, -0.2) is 59.8 Å². The molecule has 0 saturated carbocycles. The Hall–Kier alpha value is -2.51. The lowest BCUT2D eigenvalue weighted by Gasteiger charge is -2.32. The molecule has 0 spiro atoms. The molecule has 0 radical (unpaired) electrons. The summed E-state index contributed by atoms with van der Waals surface area (Å²) in [6.07, 6.45) is 6.76. The second kappa shape index (κ2) is 8.25. The van der Waals surface area contributed by atoms with Crippen LogP contribution in [0.5, 0.6) is 0 Å². The number of likely N-dealkylation sites (N-methyl/N-ethyl adjacent to an activating group) is 1. The van der Waals surface area contributed by atoms with E-state index >= 15 is 0 Å². The van der Waals surface area contributed by atoms with E-state index in [1.807, 2.05) is 30.0 Å². The van der Waals surface area contributed by atoms with Gasteiger partial charge < -0.3 is 9.80 Å². The van der Waals surface area contributed by atoms with Crippen LogP contribution in [0.15, 0.2) is 42.5 Å². The number of anilines is 1. The van der Waals surface area contributed by atoms with Gasteiger partial charge in [-0.3, -0.25) is 14.9 Å². The molecule has 1 saturated heterocycles. The van der Waals surface area contributed by atoms with Gasteiger partial charge in [-0.05, 0) is 32.2 Å². The predicted molar refractivity (Wildman–Crippen MR) is 106 cm³/mol. The van der Waals surface area contributed by atoms with Crippen LogP contribution < -0.4 is 5.32 Å². The highest BCUT2D eigenvalue weighted by Crippen LogP contribution is 2.27. The number of nitrogens with zero attached hydrogens (tertiary/aromatic N) is 3. The molecule has 1 aromatic heterocycles. The maximum absolute atomic E-state index is 12.7. The van der Waals surface area contributed by atoms with Crippen LogP contribution in [0, 0.1) is 0 Å². The number of amides is 2. The molecular formula is C19H22N4O2S. The number of aromatic nitrogens is 1. The van der Waals surface area contributed by atoms with Crippen molar-refractivity contribution in [1.82, 2.24) is 14.8 Å². The number of hydrogen-bond acceptors (Lipinski definition) is 5. The van der Waals surface area contributed by atoms with Crippen molar-refractivity contribution in [2.75, 3.05) is 38.5 Å². The number of piperazine rings is 1. The molecule has 1 fully saturated rings. The first-order chi connectivity index (χ1) is 12.6. The third-order valence-corrected chi connectivity index (χ3v) is 5.14. The monoisotopic (exact) mass is 370 g/mol. The number of allylic oxidation sites excluding steroid dienone is 3. The molecule has 136 valence electrons. The summed E-state index contributed by atoms with van der Waals surface area (Å²) in [5, 5.41) is 3.28. The van der Waals surface area contributed by atoms with Crippen LogP contribution in [0.1, 0.15) is 17.3 Å². The molecule has 6 nitrogen and oxygen atoms in total. The summed E-state index contributed by atoms with van der Waals surface area (Å²) in [6, 6.07) is 5.50. The summed E-state index contributed by atoms with van der Waals surface area (Å²) < 4.78 is 0.887. The zero-order chi connectivity index (χ0) is 18.5. The smallest absolute Gasteiger partial charge is 0.253 e. The molecule has 2 amide bonds. The molecule has 7 heteroatoms. The molecular weight excluding hydrogens is 348 g/mol. The number of nitrogens with one attached hydrogen (secondary N) is 1. The lowest BCUT2D eigenvalue weighted by molar-refractivity contribution is -0.111. The number of carbonyl (C=O) groups is 2. The van der Waals surface area contributed by atoms with Gasteiger partial charge in [0.25, 0.3) is 5.91 Å². The van der Waals surface area contributed by atoms with Crippen LogP contribution in [0.4, 0.5) is 5.13 Å². The van der Waals surface area contributed by atoms with Crippen LogP contribution in [0.25, 0.3) is 10.2 Å². The van der Waals surface area contributed by atoms with Gasteiger partial charge in [0.15, 0.2) is 5.13 Å². The van der Waals surface area contributed by atoms with E-state index in [1.54, 1.807) is 18.2 Å². The SMILES string of the molecule is C/C=C/C=C/C(=O)Nc1nc2ccc(C(=O)N3CCN(C)CC3)cc2s1. The number of fused-ring (bicyclic) bond motifs is 1. The van der Waals surface area contributed by atoms with Crippen molar-refractivity contribution in [1.29, 1.82) is 0 Å². The maximum atomic E-state index is 12.7. The molecule has 0 bridgehead atoms. The highest BCUT2D eigenvalue weighted by atomic mass is 32.1. The fourth-order valence-electron chi connectivity index (χ4n) is 2.70. The molecule has 0 unspecified atom stereocenters. The minimum Gasteiger partial charge on any atom is -0.336 e. The Bertz CT molecular complexity index is 864. The van der Waals surface area contributed by atoms with Gasteiger partial charge in [-0.15, -0.1) is 0 Å². The average Bonchev–Trinajstić information content (AvgIpc) is 3.03. The first-order valence-electron chi connectivity index (χ1n) is 8.55. The van der Waals surface area contributed by atoms with E-state index in [0.717, 1.165) is 36.4 Å². The Morgan fingerprint density at radius 3 is 2.69 bits per heavy atom. The summed E-state index contributed by atoms with van der Waals surface area (Å²) in [6.45, 7) is 5.17. The van der Waals surface area contributed by atoms with Crippen molar-refractivity contribution in [3.05, 3.63) is 48.1 Å². The molecule has 1 aromatic carbocycles. The number of benzene rings is 1. The van der Waals surface area contributed by atoms with Gasteiger partial charge >= 0.3 is 0 Å². The zero-order valence-electron chi connectivity index (χ0n) is 14.9. The van der Waals surface area contributed by atoms with E-state index in [9.17, 15) is 9.59 Å². The largest absolute Gasteiger partial charge is 0.336 e. The Morgan fingerprint density at radius 2 is 1.96 bits per heavy atom. The Morgan fingerprint density at radius 1 is 1.19 bits per heavy atom. The second-order valence-corrected chi connectivity index (χ2v) is 7.20. The molecule has 26 heavy (non-hydrogen) atoms. The molecule has 1 aliphatic heterocycles. The average molecular weight is 370 g/mol. The highest BCUT2D eigenvalue weighted by molar-refractivity contribution is 7.22. The van der Waals surface area contributed by atoms with Crippen molar-refractivity contribution in [2.45, 2.75) is 6.92 Å². The fraction of sp³-hybridized carbons (Fsp3) is 0.316. The van der Waals surface area contributed by atoms with Crippen molar-refractivity contribution >= 4 is 38.5 Å². The van der Waals surface area contributed by atoms with Gasteiger partial charge in [0, 0.05) is 37.8 Å². The second-order valence-electron chi connectivity index (χ2n) is 6.17. The van der Waals surface area contributed by atoms with E-state index < -0.39 is 0 Å². The topological polar surface area (TPSA) is 65.5 Å². The number of hydrogen-bond donors (Lipinski definition) is 1. The van der Waals surface area contributed by atoms with E-state index in [2.05, 4.69) is 22.2 Å². The summed E-state index contributed by atoms with van der Waals surface area (Å²) >= 11 is 1.37. The minimum atomic E-state index is -0.226. The standard InChI is InChI=1S/C19H22N4O2S/c1-3-4-5-6-17(24)21-19-20-15-8-7-14(13-16(15)26-19)18(25)23-11-9-22(2)10-12-23/h3-8,13H,9-12H2,1-2H3,(H,20,21,24)/b4-3+,6-5+. The lowest BCUT2D eigenvalue weighted by atomic mass is 10.1. The van der Waals surface area contributed by atoms with Crippen molar-refractivity contribution in [3.63, 3.8) is 0 Å². The summed E-state index contributed by atoms with van der Waals surface area (Å²) in [7, 11) is 2.06. The Kier molecular flexibility index (Phi) is 5.80. The van der Waals surface area contributed by atoms with Gasteiger partial charge in [-0.1, -0.05) is 29.6 Å². The lowest BCUT2D eigenvalue weighted by Crippen LogP contribution is -2.47. The molecule has 1 N–H and O–H groups in total. The van der Waals surface area contributed by atoms with Crippen LogP contribution >= 0.6 is 11.3 Å². The van der Waals surface area contributed by atoms with Crippen LogP contribution in [0.2, 0.25) is 0 Å². The summed E-state index contributed by atoms with van der Waals surface area (Å²) in [4.78, 5) is 33.0. The molecule has 1 aliphatic rings. The molecule has 3 rings (SSSR count). The van der Waals surface area contributed by atoms with E-state index in [1.165, 1.54) is 17.4 Å². The third-order valence-electron chi connectivity index (χ3n) is 4.21. The molecule has 2 aromatic rings. The summed E-state index contributed by atoms with van der Waals surface area (Å²) in [5.74, 6) is -0.177. The van der Waals surface area contributed by atoms with E-state index in [-0.39, 0.29) is 11.8 Å². The van der Waals surface area contributed by atoms with Crippen molar-refractivity contribution in [2.24, 2.45) is 0 Å². The number of thiazole rings is 1. The number of carbonyl (C=O) groups excluding carboxylic acids is 2. The quantitative estimate of drug-likeness (QED) is 0.664. The van der Waals surface area contributed by atoms with Crippen molar-refractivity contribution in [3.8, 4) is 0 Å². The van der Waals surface area contributed by atoms with Crippen LogP contribution in [-0.2, 0) is 4.79 Å². The highest BCUT2D eigenvalue weighted by Gasteiger charge is 2.21. The maximum Gasteiger partial charge on any atom is 0.253 e. The molecule has 0 atom stereocenters. The predicted octanol–water partition coefficient (Wildman–Crippen LogP) is 2.75. The van der Waals surface area contributed by atoms with Gasteiger partial charge in [0.2, 0.25) is 5.91 Å². The van der Waals surface area contributed by atoms with Gasteiger partial charge in [-0.2, -0.15) is 0 Å². The normalized spacial score (nSPS) is 16.0. The van der Waals surface area contributed by atoms with Gasteiger partial charge in [0.05, 0.1) is 10.2 Å². The van der Waals surface area contributed by atoms with Gasteiger partial charge in [0.1, 0.15) is 0 Å². The summed E-state index contributed by atoms with van der Waals surface area (Å²) in [5.41, 5.74) is 1.44. The molecule has 0 aliphatic carbocycles. The van der Waals surface area contributed by atoms with E-state index in [0.29, 0.717) is 10.7 Å². The minimum absolute atomic E-state index is 0.0493. The third kappa shape index (κ3) is 4.36. The van der Waals surface area contributed by atoms with Crippen molar-refractivity contribution < 1.29 is 9.59 Å². The Labute approximate surface area is 156 Å². The first-order valence-corrected chi connectivity index (χ1v) is 9.37. The van der Waals surface area contributed by atoms with E-state index in [4.69, 9.17) is 0 Å². The van der Waals surface area contributed by atoms with Crippen LogP contribution in [0.3, 0.4) is 0 Å². The fourth-order valence-corrected chi connectivity index (χ4v) is 3.61. The van der Waals surface area contributed by atoms with Gasteiger partial charge in [-0.25, -0.2) is 4.98 Å².